The average molecular weight is 202 g/mol. The van der Waals surface area contributed by atoms with Crippen molar-refractivity contribution in [1.29, 1.82) is 0 Å². The summed E-state index contributed by atoms with van der Waals surface area (Å²) in [5.74, 6) is -0.252. The maximum absolute atomic E-state index is 12.3. The zero-order chi connectivity index (χ0) is 10.9. The fourth-order valence-electron chi connectivity index (χ4n) is 1.18. The third-order valence-corrected chi connectivity index (χ3v) is 1.83. The third kappa shape index (κ3) is 1.97. The molecule has 1 aromatic rings. The maximum atomic E-state index is 12.3. The number of hydrogen-bond acceptors (Lipinski definition) is 2. The van der Waals surface area contributed by atoms with E-state index in [1.165, 1.54) is 11.6 Å². The number of nitrogens with zero attached hydrogens (tertiary/aromatic N) is 2. The van der Waals surface area contributed by atoms with Gasteiger partial charge in [-0.25, -0.2) is 8.78 Å². The van der Waals surface area contributed by atoms with Gasteiger partial charge in [-0.2, -0.15) is 5.10 Å². The molecule has 0 bridgehead atoms. The Morgan fingerprint density at radius 1 is 1.50 bits per heavy atom. The quantitative estimate of drug-likeness (QED) is 0.706. The molecule has 0 N–H and O–H groups in total. The number of Topliss-reactive ketones (excluding diaryl/α,β-unsaturated/α-hetero) is 1. The van der Waals surface area contributed by atoms with Gasteiger partial charge in [-0.3, -0.25) is 9.48 Å². The van der Waals surface area contributed by atoms with Crippen molar-refractivity contribution >= 4 is 5.78 Å². The van der Waals surface area contributed by atoms with Crippen LogP contribution < -0.4 is 0 Å². The van der Waals surface area contributed by atoms with Crippen molar-refractivity contribution < 1.29 is 13.6 Å². The first kappa shape index (κ1) is 10.8. The molecule has 0 spiro atoms. The van der Waals surface area contributed by atoms with E-state index in [0.29, 0.717) is 0 Å². The second kappa shape index (κ2) is 3.86. The Morgan fingerprint density at radius 3 is 2.36 bits per heavy atom. The Morgan fingerprint density at radius 2 is 2.07 bits per heavy atom. The first-order valence-electron chi connectivity index (χ1n) is 4.32. The number of ketones is 1. The number of halogens is 2. The summed E-state index contributed by atoms with van der Waals surface area (Å²) < 4.78 is 25.9. The van der Waals surface area contributed by atoms with Crippen LogP contribution >= 0.6 is 0 Å². The Balaban J connectivity index is 3.19. The lowest BCUT2D eigenvalue weighted by molar-refractivity contribution is 0.100. The molecule has 0 saturated heterocycles. The van der Waals surface area contributed by atoms with Crippen molar-refractivity contribution in [1.82, 2.24) is 9.78 Å². The molecular formula is C9H12F2N2O. The van der Waals surface area contributed by atoms with Gasteiger partial charge in [0.1, 0.15) is 11.4 Å². The van der Waals surface area contributed by atoms with E-state index < -0.39 is 6.43 Å². The van der Waals surface area contributed by atoms with Crippen molar-refractivity contribution in [2.75, 3.05) is 0 Å². The van der Waals surface area contributed by atoms with E-state index in [2.05, 4.69) is 5.10 Å². The molecule has 1 aromatic heterocycles. The summed E-state index contributed by atoms with van der Waals surface area (Å²) >= 11 is 0. The Bertz CT molecular complexity index is 345. The van der Waals surface area contributed by atoms with Gasteiger partial charge in [-0.05, 0) is 19.9 Å². The van der Waals surface area contributed by atoms with Gasteiger partial charge >= 0.3 is 0 Å². The molecule has 78 valence electrons. The highest BCUT2D eigenvalue weighted by molar-refractivity contribution is 5.92. The minimum absolute atomic E-state index is 0.0959. The van der Waals surface area contributed by atoms with E-state index in [1.54, 1.807) is 13.8 Å². The van der Waals surface area contributed by atoms with Crippen LogP contribution in [0, 0.1) is 0 Å². The van der Waals surface area contributed by atoms with Crippen LogP contribution in [0.2, 0.25) is 0 Å². The Labute approximate surface area is 80.7 Å². The van der Waals surface area contributed by atoms with E-state index in [1.807, 2.05) is 0 Å². The summed E-state index contributed by atoms with van der Waals surface area (Å²) in [6.07, 6.45) is -2.63. The van der Waals surface area contributed by atoms with Gasteiger partial charge in [-0.15, -0.1) is 0 Å². The van der Waals surface area contributed by atoms with Crippen molar-refractivity contribution in [3.63, 3.8) is 0 Å². The number of carbonyl (C=O) groups excluding carboxylic acids is 1. The molecule has 0 aromatic carbocycles. The Hall–Kier alpha value is -1.26. The zero-order valence-corrected chi connectivity index (χ0v) is 8.29. The third-order valence-electron chi connectivity index (χ3n) is 1.83. The molecule has 0 amide bonds. The van der Waals surface area contributed by atoms with Gasteiger partial charge in [0, 0.05) is 13.0 Å². The molecule has 0 fully saturated rings. The van der Waals surface area contributed by atoms with E-state index >= 15 is 0 Å². The SMILES string of the molecule is CC(=O)c1cc(C(F)F)nn1C(C)C. The average Bonchev–Trinajstić information content (AvgIpc) is 2.47. The predicted molar refractivity (Wildman–Crippen MR) is 47.6 cm³/mol. The smallest absolute Gasteiger partial charge is 0.282 e. The second-order valence-corrected chi connectivity index (χ2v) is 3.35. The fourth-order valence-corrected chi connectivity index (χ4v) is 1.18. The lowest BCUT2D eigenvalue weighted by Gasteiger charge is -2.07. The van der Waals surface area contributed by atoms with E-state index in [-0.39, 0.29) is 23.2 Å². The standard InChI is InChI=1S/C9H12F2N2O/c1-5(2)13-8(6(3)14)4-7(12-13)9(10)11/h4-5,9H,1-3H3. The lowest BCUT2D eigenvalue weighted by Crippen LogP contribution is -2.10. The van der Waals surface area contributed by atoms with Crippen LogP contribution in [-0.2, 0) is 0 Å². The van der Waals surface area contributed by atoms with Gasteiger partial charge in [0.05, 0.1) is 0 Å². The molecule has 0 radical (unpaired) electrons. The summed E-state index contributed by atoms with van der Waals surface area (Å²) in [5, 5.41) is 3.68. The highest BCUT2D eigenvalue weighted by Crippen LogP contribution is 2.20. The summed E-state index contributed by atoms with van der Waals surface area (Å²) in [6.45, 7) is 4.91. The van der Waals surface area contributed by atoms with Crippen molar-refractivity contribution in [3.8, 4) is 0 Å². The van der Waals surface area contributed by atoms with E-state index in [4.69, 9.17) is 0 Å². The summed E-state index contributed by atoms with van der Waals surface area (Å²) in [6, 6.07) is 1.05. The van der Waals surface area contributed by atoms with Crippen molar-refractivity contribution in [3.05, 3.63) is 17.5 Å². The van der Waals surface area contributed by atoms with E-state index in [9.17, 15) is 13.6 Å². The van der Waals surface area contributed by atoms with Gasteiger partial charge in [0.25, 0.3) is 6.43 Å². The minimum Gasteiger partial charge on any atom is -0.293 e. The van der Waals surface area contributed by atoms with E-state index in [0.717, 1.165) is 6.07 Å². The number of alkyl halides is 2. The first-order valence-corrected chi connectivity index (χ1v) is 4.32. The fraction of sp³-hybridized carbons (Fsp3) is 0.556. The normalized spacial score (nSPS) is 11.4. The zero-order valence-electron chi connectivity index (χ0n) is 8.29. The first-order chi connectivity index (χ1) is 6.43. The molecule has 1 heterocycles. The van der Waals surface area contributed by atoms with Gasteiger partial charge in [-0.1, -0.05) is 0 Å². The lowest BCUT2D eigenvalue weighted by atomic mass is 10.2. The minimum atomic E-state index is -2.63. The summed E-state index contributed by atoms with van der Waals surface area (Å²) in [4.78, 5) is 11.1. The molecule has 0 saturated carbocycles. The van der Waals surface area contributed by atoms with Gasteiger partial charge in [0.15, 0.2) is 5.78 Å². The number of rotatable bonds is 3. The molecule has 1 rings (SSSR count). The predicted octanol–water partition coefficient (Wildman–Crippen LogP) is 2.60. The molecular weight excluding hydrogens is 190 g/mol. The maximum Gasteiger partial charge on any atom is 0.282 e. The van der Waals surface area contributed by atoms with Crippen LogP contribution in [0.25, 0.3) is 0 Å². The molecule has 14 heavy (non-hydrogen) atoms. The van der Waals surface area contributed by atoms with Crippen LogP contribution in [0.1, 0.15) is 49.4 Å². The van der Waals surface area contributed by atoms with Crippen molar-refractivity contribution in [2.24, 2.45) is 0 Å². The summed E-state index contributed by atoms with van der Waals surface area (Å²) in [5.41, 5.74) is -0.112. The number of hydrogen-bond donors (Lipinski definition) is 0. The van der Waals surface area contributed by atoms with Gasteiger partial charge in [0.2, 0.25) is 0 Å². The summed E-state index contributed by atoms with van der Waals surface area (Å²) in [7, 11) is 0. The molecule has 0 unspecified atom stereocenters. The largest absolute Gasteiger partial charge is 0.293 e. The van der Waals surface area contributed by atoms with Crippen LogP contribution in [0.15, 0.2) is 6.07 Å². The van der Waals surface area contributed by atoms with Crippen LogP contribution in [-0.4, -0.2) is 15.6 Å². The van der Waals surface area contributed by atoms with Crippen LogP contribution in [0.5, 0.6) is 0 Å². The molecule has 0 aliphatic heterocycles. The van der Waals surface area contributed by atoms with Crippen LogP contribution in [0.3, 0.4) is 0 Å². The topological polar surface area (TPSA) is 34.9 Å². The molecule has 5 heteroatoms. The highest BCUT2D eigenvalue weighted by Gasteiger charge is 2.18. The highest BCUT2D eigenvalue weighted by atomic mass is 19.3. The molecule has 0 aliphatic rings. The number of aromatic nitrogens is 2. The molecule has 0 aliphatic carbocycles. The second-order valence-electron chi connectivity index (χ2n) is 3.35. The Kier molecular flexibility index (Phi) is 2.98. The van der Waals surface area contributed by atoms with Crippen molar-refractivity contribution in [2.45, 2.75) is 33.2 Å². The number of carbonyl (C=O) groups is 1. The molecule has 0 atom stereocenters. The van der Waals surface area contributed by atoms with Gasteiger partial charge < -0.3 is 0 Å². The van der Waals surface area contributed by atoms with Crippen LogP contribution in [0.4, 0.5) is 8.78 Å². The molecule has 3 nitrogen and oxygen atoms in total. The monoisotopic (exact) mass is 202 g/mol.